The van der Waals surface area contributed by atoms with Crippen LogP contribution in [0.4, 0.5) is 0 Å². The molecule has 0 bridgehead atoms. The van der Waals surface area contributed by atoms with Gasteiger partial charge in [-0.1, -0.05) is 0 Å². The van der Waals surface area contributed by atoms with Crippen molar-refractivity contribution in [3.8, 4) is 0 Å². The summed E-state index contributed by atoms with van der Waals surface area (Å²) in [5, 5.41) is 55.3. The summed E-state index contributed by atoms with van der Waals surface area (Å²) in [5.74, 6) is 0. The Bertz CT molecular complexity index is 204. The van der Waals surface area contributed by atoms with Crippen LogP contribution in [0.1, 0.15) is 0 Å². The summed E-state index contributed by atoms with van der Waals surface area (Å²) in [6.45, 7) is -1.18. The number of nitrogens with zero attached hydrogens (tertiary/aromatic N) is 1. The second kappa shape index (κ2) is 5.17. The van der Waals surface area contributed by atoms with E-state index >= 15 is 0 Å². The van der Waals surface area contributed by atoms with Crippen LogP contribution in [0.25, 0.3) is 0 Å². The summed E-state index contributed by atoms with van der Waals surface area (Å²) >= 11 is 0. The molecule has 5 atom stereocenters. The molecule has 1 aliphatic heterocycles. The van der Waals surface area contributed by atoms with Gasteiger partial charge in [0, 0.05) is 6.54 Å². The summed E-state index contributed by atoms with van der Waals surface area (Å²) in [4.78, 5) is 1.15. The number of hydrogen-bond donors (Lipinski definition) is 6. The first-order valence-corrected chi connectivity index (χ1v) is 4.72. The molecule has 0 aromatic carbocycles. The van der Waals surface area contributed by atoms with E-state index in [1.807, 2.05) is 0 Å². The van der Waals surface area contributed by atoms with Gasteiger partial charge >= 0.3 is 0 Å². The van der Waals surface area contributed by atoms with Gasteiger partial charge in [-0.25, -0.2) is 0 Å². The fraction of sp³-hybridized carbons (Fsp3) is 1.00. The molecule has 0 spiro atoms. The van der Waals surface area contributed by atoms with Crippen molar-refractivity contribution < 1.29 is 30.6 Å². The van der Waals surface area contributed by atoms with Crippen molar-refractivity contribution >= 4 is 0 Å². The topological polar surface area (TPSA) is 125 Å². The molecule has 1 fully saturated rings. The second-order valence-electron chi connectivity index (χ2n) is 3.66. The molecule has 6 N–H and O–H groups in total. The molecule has 1 saturated heterocycles. The molecule has 0 amide bonds. The zero-order valence-corrected chi connectivity index (χ0v) is 8.14. The van der Waals surface area contributed by atoms with Gasteiger partial charge in [-0.2, -0.15) is 0 Å². The molecule has 0 saturated carbocycles. The van der Waals surface area contributed by atoms with Crippen molar-refractivity contribution in [3.63, 3.8) is 0 Å². The van der Waals surface area contributed by atoms with Gasteiger partial charge in [-0.3, -0.25) is 4.90 Å². The van der Waals surface area contributed by atoms with E-state index in [2.05, 4.69) is 0 Å². The van der Waals surface area contributed by atoms with Crippen molar-refractivity contribution in [3.05, 3.63) is 0 Å². The van der Waals surface area contributed by atoms with Crippen LogP contribution >= 0.6 is 0 Å². The summed E-state index contributed by atoms with van der Waals surface area (Å²) in [5.41, 5.74) is 0. The molecule has 0 aliphatic carbocycles. The standard InChI is InChI=1S/C8H17NO6/c10-2-4-7(14)8(15)5(12)1-9(4)6(13)3-11/h4-8,10-15H,1-3H2/t4-,5+,6?,7+,8-/m1/s1. The number of aliphatic hydroxyl groups excluding tert-OH is 6. The maximum absolute atomic E-state index is 9.52. The van der Waals surface area contributed by atoms with E-state index < -0.39 is 43.8 Å². The quantitative estimate of drug-likeness (QED) is 0.288. The molecule has 1 heterocycles. The highest BCUT2D eigenvalue weighted by molar-refractivity contribution is 4.94. The number of rotatable bonds is 3. The first kappa shape index (κ1) is 12.8. The maximum atomic E-state index is 9.52. The molecule has 0 radical (unpaired) electrons. The van der Waals surface area contributed by atoms with Crippen LogP contribution in [-0.2, 0) is 0 Å². The van der Waals surface area contributed by atoms with Crippen molar-refractivity contribution in [1.29, 1.82) is 0 Å². The number of piperidine rings is 1. The molecular formula is C8H17NO6. The van der Waals surface area contributed by atoms with Gasteiger partial charge < -0.3 is 30.6 Å². The molecule has 7 nitrogen and oxygen atoms in total. The monoisotopic (exact) mass is 223 g/mol. The number of β-amino-alcohol motifs (C(OH)–C–C–N with tert-alkyl or cyclic N) is 1. The van der Waals surface area contributed by atoms with E-state index in [1.165, 1.54) is 0 Å². The Morgan fingerprint density at radius 1 is 1.13 bits per heavy atom. The Labute approximate surface area is 86.8 Å². The minimum Gasteiger partial charge on any atom is -0.395 e. The van der Waals surface area contributed by atoms with Gasteiger partial charge in [0.15, 0.2) is 0 Å². The maximum Gasteiger partial charge on any atom is 0.131 e. The van der Waals surface area contributed by atoms with Gasteiger partial charge in [0.05, 0.1) is 25.4 Å². The molecule has 1 rings (SSSR count). The molecule has 0 aromatic rings. The lowest BCUT2D eigenvalue weighted by Gasteiger charge is -2.44. The second-order valence-corrected chi connectivity index (χ2v) is 3.66. The van der Waals surface area contributed by atoms with Crippen molar-refractivity contribution in [2.75, 3.05) is 19.8 Å². The summed E-state index contributed by atoms with van der Waals surface area (Å²) in [6, 6.07) is -0.898. The van der Waals surface area contributed by atoms with Gasteiger partial charge in [-0.15, -0.1) is 0 Å². The summed E-state index contributed by atoms with van der Waals surface area (Å²) in [6.07, 6.45) is -5.22. The first-order chi connectivity index (χ1) is 7.02. The molecular weight excluding hydrogens is 206 g/mol. The van der Waals surface area contributed by atoms with E-state index in [0.717, 1.165) is 4.90 Å². The number of likely N-dealkylation sites (tertiary alicyclic amines) is 1. The molecule has 0 aromatic heterocycles. The van der Waals surface area contributed by atoms with E-state index in [4.69, 9.17) is 10.2 Å². The van der Waals surface area contributed by atoms with Crippen LogP contribution < -0.4 is 0 Å². The van der Waals surface area contributed by atoms with Crippen LogP contribution in [0.15, 0.2) is 0 Å². The van der Waals surface area contributed by atoms with Gasteiger partial charge in [0.1, 0.15) is 18.4 Å². The molecule has 7 heteroatoms. The van der Waals surface area contributed by atoms with Crippen LogP contribution in [0.2, 0.25) is 0 Å². The zero-order valence-electron chi connectivity index (χ0n) is 8.14. The third kappa shape index (κ3) is 2.45. The van der Waals surface area contributed by atoms with E-state index in [1.54, 1.807) is 0 Å². The van der Waals surface area contributed by atoms with Crippen LogP contribution in [0.3, 0.4) is 0 Å². The third-order valence-corrected chi connectivity index (χ3v) is 2.70. The van der Waals surface area contributed by atoms with E-state index in [9.17, 15) is 20.4 Å². The predicted octanol–water partition coefficient (Wildman–Crippen LogP) is -3.94. The summed E-state index contributed by atoms with van der Waals surface area (Å²) < 4.78 is 0. The Morgan fingerprint density at radius 2 is 1.73 bits per heavy atom. The summed E-state index contributed by atoms with van der Waals surface area (Å²) in [7, 11) is 0. The third-order valence-electron chi connectivity index (χ3n) is 2.70. The Kier molecular flexibility index (Phi) is 4.41. The van der Waals surface area contributed by atoms with Crippen molar-refractivity contribution in [2.45, 2.75) is 30.6 Å². The fourth-order valence-electron chi connectivity index (χ4n) is 1.77. The van der Waals surface area contributed by atoms with E-state index in [-0.39, 0.29) is 6.54 Å². The molecule has 1 unspecified atom stereocenters. The van der Waals surface area contributed by atoms with Gasteiger partial charge in [0.2, 0.25) is 0 Å². The highest BCUT2D eigenvalue weighted by Gasteiger charge is 2.43. The van der Waals surface area contributed by atoms with Crippen molar-refractivity contribution in [2.24, 2.45) is 0 Å². The number of hydrogen-bond acceptors (Lipinski definition) is 7. The largest absolute Gasteiger partial charge is 0.395 e. The lowest BCUT2D eigenvalue weighted by Crippen LogP contribution is -2.65. The van der Waals surface area contributed by atoms with Gasteiger partial charge in [0.25, 0.3) is 0 Å². The minimum atomic E-state index is -1.36. The highest BCUT2D eigenvalue weighted by atomic mass is 16.4. The molecule has 90 valence electrons. The lowest BCUT2D eigenvalue weighted by molar-refractivity contribution is -0.186. The predicted molar refractivity (Wildman–Crippen MR) is 48.7 cm³/mol. The highest BCUT2D eigenvalue weighted by Crippen LogP contribution is 2.20. The van der Waals surface area contributed by atoms with Crippen LogP contribution in [0, 0.1) is 0 Å². The normalized spacial score (nSPS) is 40.4. The van der Waals surface area contributed by atoms with E-state index in [0.29, 0.717) is 0 Å². The molecule has 1 aliphatic rings. The average molecular weight is 223 g/mol. The number of aliphatic hydroxyl groups is 6. The Hall–Kier alpha value is -0.280. The lowest BCUT2D eigenvalue weighted by atomic mass is 9.94. The van der Waals surface area contributed by atoms with Crippen LogP contribution in [-0.4, -0.2) is 85.9 Å². The zero-order chi connectivity index (χ0) is 11.6. The Morgan fingerprint density at radius 3 is 2.20 bits per heavy atom. The smallest absolute Gasteiger partial charge is 0.131 e. The SMILES string of the molecule is OCC(O)N1C[C@H](O)[C@@H](O)[C@@H](O)[C@H]1CO. The first-order valence-electron chi connectivity index (χ1n) is 4.72. The van der Waals surface area contributed by atoms with Crippen molar-refractivity contribution in [1.82, 2.24) is 4.90 Å². The minimum absolute atomic E-state index is 0.120. The Balaban J connectivity index is 2.77. The van der Waals surface area contributed by atoms with Crippen LogP contribution in [0.5, 0.6) is 0 Å². The van der Waals surface area contributed by atoms with Gasteiger partial charge in [-0.05, 0) is 0 Å². The fourth-order valence-corrected chi connectivity index (χ4v) is 1.77. The molecule has 15 heavy (non-hydrogen) atoms. The average Bonchev–Trinajstić information content (AvgIpc) is 2.24.